The molecule has 0 aliphatic heterocycles. The van der Waals surface area contributed by atoms with Gasteiger partial charge in [-0.15, -0.1) is 0 Å². The second kappa shape index (κ2) is 7.10. The Morgan fingerprint density at radius 2 is 1.88 bits per heavy atom. The summed E-state index contributed by atoms with van der Waals surface area (Å²) in [6.07, 6.45) is 1.01. The van der Waals surface area contributed by atoms with Crippen LogP contribution in [0.2, 0.25) is 0 Å². The van der Waals surface area contributed by atoms with Crippen LogP contribution in [0.25, 0.3) is 0 Å². The van der Waals surface area contributed by atoms with E-state index in [1.165, 1.54) is 12.1 Å². The van der Waals surface area contributed by atoms with E-state index in [0.29, 0.717) is 5.75 Å². The predicted octanol–water partition coefficient (Wildman–Crippen LogP) is 3.49. The largest absolute Gasteiger partial charge is 0.496 e. The van der Waals surface area contributed by atoms with Crippen molar-refractivity contribution in [2.75, 3.05) is 18.7 Å². The standard InChI is InChI=1S/C17H20N2O5S/c1-11-5-8-17(24-3)14(9-11)12(2)18-15-7-6-13(25(4,22)23)10-16(15)19(20)21/h5-10,12,18H,1-4H3. The number of benzene rings is 2. The molecular weight excluding hydrogens is 344 g/mol. The van der Waals surface area contributed by atoms with Gasteiger partial charge in [0.2, 0.25) is 0 Å². The van der Waals surface area contributed by atoms with Crippen molar-refractivity contribution in [2.24, 2.45) is 0 Å². The molecule has 1 N–H and O–H groups in total. The second-order valence-electron chi connectivity index (χ2n) is 5.82. The van der Waals surface area contributed by atoms with Crippen molar-refractivity contribution in [3.63, 3.8) is 0 Å². The van der Waals surface area contributed by atoms with Gasteiger partial charge in [-0.2, -0.15) is 0 Å². The van der Waals surface area contributed by atoms with Crippen LogP contribution in [0.15, 0.2) is 41.3 Å². The molecule has 0 heterocycles. The van der Waals surface area contributed by atoms with Crippen LogP contribution >= 0.6 is 0 Å². The molecular formula is C17H20N2O5S. The van der Waals surface area contributed by atoms with Crippen molar-refractivity contribution in [2.45, 2.75) is 24.8 Å². The van der Waals surface area contributed by atoms with Gasteiger partial charge in [-0.25, -0.2) is 8.42 Å². The molecule has 2 aromatic carbocycles. The molecule has 0 saturated heterocycles. The fourth-order valence-electron chi connectivity index (χ4n) is 2.52. The topological polar surface area (TPSA) is 98.5 Å². The van der Waals surface area contributed by atoms with E-state index in [1.807, 2.05) is 32.0 Å². The van der Waals surface area contributed by atoms with Crippen molar-refractivity contribution < 1.29 is 18.1 Å². The highest BCUT2D eigenvalue weighted by Crippen LogP contribution is 2.33. The number of ether oxygens (including phenoxy) is 1. The lowest BCUT2D eigenvalue weighted by Gasteiger charge is -2.19. The lowest BCUT2D eigenvalue weighted by Crippen LogP contribution is -2.10. The molecule has 8 heteroatoms. The first-order valence-corrected chi connectivity index (χ1v) is 9.42. The van der Waals surface area contributed by atoms with Gasteiger partial charge in [0.1, 0.15) is 11.4 Å². The second-order valence-corrected chi connectivity index (χ2v) is 7.84. The van der Waals surface area contributed by atoms with E-state index >= 15 is 0 Å². The Morgan fingerprint density at radius 3 is 2.44 bits per heavy atom. The van der Waals surface area contributed by atoms with Gasteiger partial charge in [0.15, 0.2) is 9.84 Å². The fourth-order valence-corrected chi connectivity index (χ4v) is 3.16. The van der Waals surface area contributed by atoms with Crippen LogP contribution < -0.4 is 10.1 Å². The van der Waals surface area contributed by atoms with E-state index in [0.717, 1.165) is 23.4 Å². The van der Waals surface area contributed by atoms with Crippen LogP contribution in [0.5, 0.6) is 5.75 Å². The monoisotopic (exact) mass is 364 g/mol. The summed E-state index contributed by atoms with van der Waals surface area (Å²) in [4.78, 5) is 10.7. The van der Waals surface area contributed by atoms with Gasteiger partial charge in [-0.05, 0) is 32.0 Å². The number of rotatable bonds is 6. The summed E-state index contributed by atoms with van der Waals surface area (Å²) in [5.41, 5.74) is 1.84. The minimum absolute atomic E-state index is 0.0921. The van der Waals surface area contributed by atoms with Crippen molar-refractivity contribution in [1.82, 2.24) is 0 Å². The molecule has 25 heavy (non-hydrogen) atoms. The first-order valence-electron chi connectivity index (χ1n) is 7.53. The molecule has 0 amide bonds. The SMILES string of the molecule is COc1ccc(C)cc1C(C)Nc1ccc(S(C)(=O)=O)cc1[N+](=O)[O-]. The van der Waals surface area contributed by atoms with E-state index in [1.54, 1.807) is 7.11 Å². The zero-order chi connectivity index (χ0) is 18.8. The summed E-state index contributed by atoms with van der Waals surface area (Å²) in [6, 6.07) is 9.24. The number of nitrogens with one attached hydrogen (secondary N) is 1. The Kier molecular flexibility index (Phi) is 5.32. The molecule has 0 bridgehead atoms. The third-order valence-electron chi connectivity index (χ3n) is 3.82. The van der Waals surface area contributed by atoms with E-state index in [-0.39, 0.29) is 22.3 Å². The van der Waals surface area contributed by atoms with Crippen molar-refractivity contribution >= 4 is 21.2 Å². The van der Waals surface area contributed by atoms with Crippen LogP contribution in [0.4, 0.5) is 11.4 Å². The van der Waals surface area contributed by atoms with E-state index < -0.39 is 14.8 Å². The smallest absolute Gasteiger partial charge is 0.293 e. The normalized spacial score (nSPS) is 12.5. The van der Waals surface area contributed by atoms with Gasteiger partial charge in [0.25, 0.3) is 5.69 Å². The van der Waals surface area contributed by atoms with Gasteiger partial charge >= 0.3 is 0 Å². The summed E-state index contributed by atoms with van der Waals surface area (Å²) >= 11 is 0. The Morgan fingerprint density at radius 1 is 1.20 bits per heavy atom. The maximum Gasteiger partial charge on any atom is 0.293 e. The van der Waals surface area contributed by atoms with Crippen molar-refractivity contribution in [3.05, 3.63) is 57.6 Å². The fraction of sp³-hybridized carbons (Fsp3) is 0.294. The summed E-state index contributed by atoms with van der Waals surface area (Å²) in [5.74, 6) is 0.668. The number of nitro groups is 1. The summed E-state index contributed by atoms with van der Waals surface area (Å²) in [5, 5.41) is 14.4. The molecule has 1 atom stereocenters. The van der Waals surface area contributed by atoms with Crippen LogP contribution in [0, 0.1) is 17.0 Å². The maximum absolute atomic E-state index is 11.6. The molecule has 0 aromatic heterocycles. The first kappa shape index (κ1) is 18.7. The first-order chi connectivity index (χ1) is 11.6. The molecule has 1 unspecified atom stereocenters. The lowest BCUT2D eigenvalue weighted by atomic mass is 10.0. The number of methoxy groups -OCH3 is 1. The predicted molar refractivity (Wildman–Crippen MR) is 96.0 cm³/mol. The Labute approximate surface area is 146 Å². The zero-order valence-corrected chi connectivity index (χ0v) is 15.3. The van der Waals surface area contributed by atoms with E-state index in [9.17, 15) is 18.5 Å². The highest BCUT2D eigenvalue weighted by molar-refractivity contribution is 7.90. The number of sulfone groups is 1. The van der Waals surface area contributed by atoms with Crippen LogP contribution in [0.1, 0.15) is 24.1 Å². The molecule has 7 nitrogen and oxygen atoms in total. The van der Waals surface area contributed by atoms with Crippen molar-refractivity contribution in [3.8, 4) is 5.75 Å². The Hall–Kier alpha value is -2.61. The number of hydrogen-bond acceptors (Lipinski definition) is 6. The van der Waals surface area contributed by atoms with Gasteiger partial charge in [-0.1, -0.05) is 17.7 Å². The highest BCUT2D eigenvalue weighted by Gasteiger charge is 2.21. The number of hydrogen-bond donors (Lipinski definition) is 1. The van der Waals surface area contributed by atoms with Gasteiger partial charge in [0.05, 0.1) is 23.0 Å². The molecule has 0 aliphatic carbocycles. The quantitative estimate of drug-likeness (QED) is 0.622. The molecule has 0 aliphatic rings. The van der Waals surface area contributed by atoms with Gasteiger partial charge < -0.3 is 10.1 Å². The van der Waals surface area contributed by atoms with Gasteiger partial charge in [0, 0.05) is 17.9 Å². The molecule has 0 radical (unpaired) electrons. The molecule has 0 spiro atoms. The van der Waals surface area contributed by atoms with Crippen LogP contribution in [0.3, 0.4) is 0 Å². The molecule has 2 rings (SSSR count). The third-order valence-corrected chi connectivity index (χ3v) is 4.93. The lowest BCUT2D eigenvalue weighted by molar-refractivity contribution is -0.384. The average molecular weight is 364 g/mol. The number of aryl methyl sites for hydroxylation is 1. The maximum atomic E-state index is 11.6. The Bertz CT molecular complexity index is 909. The minimum Gasteiger partial charge on any atom is -0.496 e. The molecule has 2 aromatic rings. The number of nitrogens with zero attached hydrogens (tertiary/aromatic N) is 1. The average Bonchev–Trinajstić information content (AvgIpc) is 2.53. The van der Waals surface area contributed by atoms with Crippen molar-refractivity contribution in [1.29, 1.82) is 0 Å². The zero-order valence-electron chi connectivity index (χ0n) is 14.4. The van der Waals surface area contributed by atoms with E-state index in [4.69, 9.17) is 4.74 Å². The number of nitro benzene ring substituents is 1. The highest BCUT2D eigenvalue weighted by atomic mass is 32.2. The number of anilines is 1. The van der Waals surface area contributed by atoms with Crippen LogP contribution in [-0.2, 0) is 9.84 Å². The van der Waals surface area contributed by atoms with Gasteiger partial charge in [-0.3, -0.25) is 10.1 Å². The summed E-state index contributed by atoms with van der Waals surface area (Å²) < 4.78 is 28.6. The third kappa shape index (κ3) is 4.27. The summed E-state index contributed by atoms with van der Waals surface area (Å²) in [6.45, 7) is 3.80. The molecule has 0 fully saturated rings. The van der Waals surface area contributed by atoms with E-state index in [2.05, 4.69) is 5.32 Å². The molecule has 0 saturated carbocycles. The Balaban J connectivity index is 2.43. The van der Waals surface area contributed by atoms with Crippen LogP contribution in [-0.4, -0.2) is 26.7 Å². The molecule has 134 valence electrons. The summed E-state index contributed by atoms with van der Waals surface area (Å²) in [7, 11) is -1.96. The minimum atomic E-state index is -3.52.